The van der Waals surface area contributed by atoms with Gasteiger partial charge in [0.05, 0.1) is 18.7 Å². The zero-order valence-electron chi connectivity index (χ0n) is 23.3. The van der Waals surface area contributed by atoms with Gasteiger partial charge in [-0.05, 0) is 63.6 Å². The molecule has 1 aliphatic heterocycles. The lowest BCUT2D eigenvalue weighted by atomic mass is 9.87. The van der Waals surface area contributed by atoms with Crippen molar-refractivity contribution in [2.24, 2.45) is 0 Å². The number of benzene rings is 3. The van der Waals surface area contributed by atoms with Crippen LogP contribution in [-0.4, -0.2) is 43.9 Å². The van der Waals surface area contributed by atoms with Gasteiger partial charge >= 0.3 is 6.03 Å². The van der Waals surface area contributed by atoms with E-state index in [1.165, 1.54) is 4.90 Å². The number of fused-ring (bicyclic) bond motifs is 1. The van der Waals surface area contributed by atoms with E-state index >= 15 is 0 Å². The van der Waals surface area contributed by atoms with Crippen LogP contribution >= 0.6 is 0 Å². The Labute approximate surface area is 234 Å². The van der Waals surface area contributed by atoms with Crippen LogP contribution in [0.5, 0.6) is 0 Å². The van der Waals surface area contributed by atoms with Crippen LogP contribution in [0.1, 0.15) is 37.0 Å². The van der Waals surface area contributed by atoms with E-state index < -0.39 is 29.7 Å². The molecule has 3 aromatic carbocycles. The molecule has 4 amide bonds. The number of aryl methyl sites for hydroxylation is 2. The number of carbonyl (C=O) groups excluding carboxylic acids is 3. The molecule has 210 valence electrons. The quantitative estimate of drug-likeness (QED) is 0.291. The van der Waals surface area contributed by atoms with Gasteiger partial charge in [-0.15, -0.1) is 0 Å². The molecule has 0 bridgehead atoms. The van der Waals surface area contributed by atoms with Gasteiger partial charge in [0.25, 0.3) is 5.91 Å². The maximum absolute atomic E-state index is 14.3. The van der Waals surface area contributed by atoms with Crippen molar-refractivity contribution in [1.29, 1.82) is 0 Å². The van der Waals surface area contributed by atoms with Gasteiger partial charge in [0.2, 0.25) is 5.91 Å². The monoisotopic (exact) mass is 544 g/mol. The maximum atomic E-state index is 14.3. The normalized spacial score (nSPS) is 16.1. The van der Waals surface area contributed by atoms with E-state index in [9.17, 15) is 14.4 Å². The topological polar surface area (TPSA) is 109 Å². The third kappa shape index (κ3) is 6.50. The van der Waals surface area contributed by atoms with Crippen molar-refractivity contribution in [1.82, 2.24) is 5.32 Å². The molecule has 0 radical (unpaired) electrons. The molecule has 9 nitrogen and oxygen atoms in total. The number of nitrogens with one attached hydrogen (secondary N) is 3. The number of hydrogen-bond acceptors (Lipinski definition) is 5. The van der Waals surface area contributed by atoms with Crippen molar-refractivity contribution < 1.29 is 23.9 Å². The minimum absolute atomic E-state index is 0.0973. The number of hydrogen-bond donors (Lipinski definition) is 3. The molecule has 1 heterocycles. The molecular weight excluding hydrogens is 508 g/mol. The highest BCUT2D eigenvalue weighted by molar-refractivity contribution is 6.12. The lowest BCUT2D eigenvalue weighted by Gasteiger charge is -2.30. The van der Waals surface area contributed by atoms with Gasteiger partial charge in [0, 0.05) is 30.2 Å². The van der Waals surface area contributed by atoms with Gasteiger partial charge in [-0.2, -0.15) is 0 Å². The number of nitrogens with zero attached hydrogens (tertiary/aromatic N) is 1. The SMILES string of the molecule is CCOC(CN1C(=O)C(CC(=O)Nc2ccc(C)cc2)(NC(=O)Nc2cccc(C)c2)c2ccccc21)OCC. The van der Waals surface area contributed by atoms with E-state index in [0.29, 0.717) is 35.8 Å². The first-order valence-electron chi connectivity index (χ1n) is 13.4. The van der Waals surface area contributed by atoms with Crippen LogP contribution in [0.4, 0.5) is 21.9 Å². The van der Waals surface area contributed by atoms with Crippen LogP contribution in [0.2, 0.25) is 0 Å². The summed E-state index contributed by atoms with van der Waals surface area (Å²) in [6, 6.07) is 21.2. The van der Waals surface area contributed by atoms with Crippen molar-refractivity contribution in [3.8, 4) is 0 Å². The molecule has 1 atom stereocenters. The number of para-hydroxylation sites is 1. The molecule has 9 heteroatoms. The molecule has 40 heavy (non-hydrogen) atoms. The van der Waals surface area contributed by atoms with Crippen LogP contribution < -0.4 is 20.9 Å². The summed E-state index contributed by atoms with van der Waals surface area (Å²) in [5.41, 5.74) is 2.62. The first-order chi connectivity index (χ1) is 19.3. The number of carbonyl (C=O) groups is 3. The van der Waals surface area contributed by atoms with E-state index in [0.717, 1.165) is 11.1 Å². The molecule has 0 aromatic heterocycles. The number of amides is 4. The molecule has 0 fully saturated rings. The van der Waals surface area contributed by atoms with E-state index in [1.54, 1.807) is 36.4 Å². The Hall–Kier alpha value is -4.21. The van der Waals surface area contributed by atoms with Crippen molar-refractivity contribution in [3.05, 3.63) is 89.5 Å². The second-order valence-corrected chi connectivity index (χ2v) is 9.72. The number of anilines is 3. The standard InChI is InChI=1S/C31H36N4O5/c1-5-39-28(40-6-2)20-35-26-13-8-7-12-25(26)31(29(35)37,19-27(36)32-23-16-14-21(3)15-17-23)34-30(38)33-24-11-9-10-22(4)18-24/h7-18,28H,5-6,19-20H2,1-4H3,(H,32,36)(H2,33,34,38). The van der Waals surface area contributed by atoms with E-state index in [2.05, 4.69) is 16.0 Å². The van der Waals surface area contributed by atoms with Crippen molar-refractivity contribution in [3.63, 3.8) is 0 Å². The first-order valence-corrected chi connectivity index (χ1v) is 13.4. The Morgan fingerprint density at radius 1 is 0.850 bits per heavy atom. The minimum atomic E-state index is -1.66. The molecule has 3 N–H and O–H groups in total. The van der Waals surface area contributed by atoms with Gasteiger partial charge in [0.1, 0.15) is 0 Å². The summed E-state index contributed by atoms with van der Waals surface area (Å²) in [6.45, 7) is 8.47. The Bertz CT molecular complexity index is 1350. The van der Waals surface area contributed by atoms with Crippen LogP contribution in [-0.2, 0) is 24.6 Å². The summed E-state index contributed by atoms with van der Waals surface area (Å²) in [5, 5.41) is 8.55. The molecule has 0 aliphatic carbocycles. The van der Waals surface area contributed by atoms with E-state index in [4.69, 9.17) is 9.47 Å². The van der Waals surface area contributed by atoms with Crippen LogP contribution in [0, 0.1) is 13.8 Å². The van der Waals surface area contributed by atoms with Crippen molar-refractivity contribution in [2.75, 3.05) is 35.3 Å². The number of ether oxygens (including phenoxy) is 2. The first kappa shape index (κ1) is 28.8. The smallest absolute Gasteiger partial charge is 0.320 e. The van der Waals surface area contributed by atoms with E-state index in [-0.39, 0.29) is 13.0 Å². The summed E-state index contributed by atoms with van der Waals surface area (Å²) in [7, 11) is 0. The third-order valence-corrected chi connectivity index (χ3v) is 6.67. The van der Waals surface area contributed by atoms with Crippen molar-refractivity contribution >= 4 is 34.9 Å². The lowest BCUT2D eigenvalue weighted by molar-refractivity contribution is -0.138. The maximum Gasteiger partial charge on any atom is 0.320 e. The molecular formula is C31H36N4O5. The average molecular weight is 545 g/mol. The zero-order chi connectivity index (χ0) is 28.7. The fourth-order valence-electron chi connectivity index (χ4n) is 4.88. The lowest BCUT2D eigenvalue weighted by Crippen LogP contribution is -2.56. The minimum Gasteiger partial charge on any atom is -0.351 e. The highest BCUT2D eigenvalue weighted by Crippen LogP contribution is 2.43. The van der Waals surface area contributed by atoms with Crippen molar-refractivity contribution in [2.45, 2.75) is 45.9 Å². The third-order valence-electron chi connectivity index (χ3n) is 6.67. The van der Waals surface area contributed by atoms with Crippen LogP contribution in [0.15, 0.2) is 72.8 Å². The average Bonchev–Trinajstić information content (AvgIpc) is 3.13. The predicted octanol–water partition coefficient (Wildman–Crippen LogP) is 5.09. The van der Waals surface area contributed by atoms with Gasteiger partial charge in [-0.25, -0.2) is 4.79 Å². The fraction of sp³-hybridized carbons (Fsp3) is 0.323. The summed E-state index contributed by atoms with van der Waals surface area (Å²) in [4.78, 5) is 42.6. The summed E-state index contributed by atoms with van der Waals surface area (Å²) >= 11 is 0. The van der Waals surface area contributed by atoms with Crippen LogP contribution in [0.3, 0.4) is 0 Å². The number of urea groups is 1. The molecule has 0 saturated carbocycles. The zero-order valence-corrected chi connectivity index (χ0v) is 23.3. The Morgan fingerprint density at radius 3 is 2.23 bits per heavy atom. The molecule has 0 saturated heterocycles. The second kappa shape index (κ2) is 12.8. The summed E-state index contributed by atoms with van der Waals surface area (Å²) in [6.07, 6.45) is -0.993. The van der Waals surface area contributed by atoms with Gasteiger partial charge in [-0.1, -0.05) is 48.0 Å². The van der Waals surface area contributed by atoms with Gasteiger partial charge < -0.3 is 30.3 Å². The molecule has 1 aliphatic rings. The molecule has 1 unspecified atom stereocenters. The Balaban J connectivity index is 1.69. The summed E-state index contributed by atoms with van der Waals surface area (Å²) < 4.78 is 11.4. The molecule has 4 rings (SSSR count). The summed E-state index contributed by atoms with van der Waals surface area (Å²) in [5.74, 6) is -0.868. The number of rotatable bonds is 11. The molecule has 3 aromatic rings. The molecule has 0 spiro atoms. The fourth-order valence-corrected chi connectivity index (χ4v) is 4.88. The van der Waals surface area contributed by atoms with Gasteiger partial charge in [-0.3, -0.25) is 9.59 Å². The predicted molar refractivity (Wildman–Crippen MR) is 155 cm³/mol. The largest absolute Gasteiger partial charge is 0.351 e. The second-order valence-electron chi connectivity index (χ2n) is 9.72. The van der Waals surface area contributed by atoms with Gasteiger partial charge in [0.15, 0.2) is 11.8 Å². The highest BCUT2D eigenvalue weighted by atomic mass is 16.7. The Morgan fingerprint density at radius 2 is 1.55 bits per heavy atom. The Kier molecular flexibility index (Phi) is 9.19. The van der Waals surface area contributed by atoms with E-state index in [1.807, 2.05) is 64.1 Å². The van der Waals surface area contributed by atoms with Crippen LogP contribution in [0.25, 0.3) is 0 Å². The highest BCUT2D eigenvalue weighted by Gasteiger charge is 2.53.